The van der Waals surface area contributed by atoms with E-state index < -0.39 is 17.7 Å². The highest BCUT2D eigenvalue weighted by Gasteiger charge is 2.27. The van der Waals surface area contributed by atoms with E-state index in [-0.39, 0.29) is 5.91 Å². The van der Waals surface area contributed by atoms with E-state index in [2.05, 4.69) is 25.9 Å². The number of para-hydroxylation sites is 2. The van der Waals surface area contributed by atoms with Crippen molar-refractivity contribution in [3.8, 4) is 0 Å². The Kier molecular flexibility index (Phi) is 8.98. The number of nitrogens with one attached hydrogen (secondary N) is 3. The van der Waals surface area contributed by atoms with Gasteiger partial charge in [0.2, 0.25) is 17.7 Å². The summed E-state index contributed by atoms with van der Waals surface area (Å²) in [4.78, 5) is 47.9. The van der Waals surface area contributed by atoms with Crippen LogP contribution in [-0.2, 0) is 14.4 Å². The molecule has 2 aromatic heterocycles. The lowest BCUT2D eigenvalue weighted by molar-refractivity contribution is -0.129. The van der Waals surface area contributed by atoms with Gasteiger partial charge in [0.1, 0.15) is 5.92 Å². The van der Waals surface area contributed by atoms with Crippen LogP contribution < -0.4 is 21.7 Å². The molecule has 0 saturated heterocycles. The molecule has 0 aliphatic rings. The van der Waals surface area contributed by atoms with Crippen LogP contribution in [0.5, 0.6) is 0 Å². The number of amides is 3. The molecule has 9 heteroatoms. The van der Waals surface area contributed by atoms with E-state index in [0.29, 0.717) is 54.9 Å². The zero-order chi connectivity index (χ0) is 29.3. The Hall–Kier alpha value is -5.31. The molecule has 9 nitrogen and oxygen atoms in total. The van der Waals surface area contributed by atoms with E-state index in [1.165, 1.54) is 0 Å². The number of nitrogens with zero attached hydrogens (tertiary/aromatic N) is 2. The molecule has 5 rings (SSSR count). The van der Waals surface area contributed by atoms with Gasteiger partial charge in [-0.2, -0.15) is 0 Å². The number of carbonyl (C=O) groups excluding carboxylic acids is 3. The van der Waals surface area contributed by atoms with Crippen molar-refractivity contribution in [3.05, 3.63) is 97.3 Å². The van der Waals surface area contributed by atoms with E-state index >= 15 is 0 Å². The Morgan fingerprint density at radius 3 is 1.86 bits per heavy atom. The van der Waals surface area contributed by atoms with E-state index in [4.69, 9.17) is 5.73 Å². The van der Waals surface area contributed by atoms with Crippen LogP contribution in [0.1, 0.15) is 32.1 Å². The molecular formula is C33H32N6O3. The first-order valence-corrected chi connectivity index (χ1v) is 13.9. The second kappa shape index (κ2) is 13.4. The minimum atomic E-state index is -0.933. The van der Waals surface area contributed by atoms with Gasteiger partial charge in [-0.1, -0.05) is 37.1 Å². The standard InChI is InChI=1S/C33H32N6O3/c34-27-11-4-5-12-30(27)39-31(40)13-3-1-2-10-26(32(41)37-24-14-16-28-22(20-24)8-6-18-35-28)33(42)38-25-15-17-29-23(21-25)9-7-19-36-29/h4-9,11-12,14-21,26H,1-3,10,13,34H2,(H,37,41)(H,38,42)(H,39,40). The lowest BCUT2D eigenvalue weighted by atomic mass is 9.98. The number of rotatable bonds is 11. The molecule has 0 radical (unpaired) electrons. The molecule has 0 aliphatic heterocycles. The summed E-state index contributed by atoms with van der Waals surface area (Å²) in [7, 11) is 0. The molecular weight excluding hydrogens is 528 g/mol. The molecule has 0 saturated carbocycles. The van der Waals surface area contributed by atoms with Crippen LogP contribution in [0, 0.1) is 5.92 Å². The summed E-state index contributed by atoms with van der Waals surface area (Å²) in [5, 5.41) is 10.4. The second-order valence-corrected chi connectivity index (χ2v) is 10.1. The molecule has 0 atom stereocenters. The summed E-state index contributed by atoms with van der Waals surface area (Å²) in [5.41, 5.74) is 9.81. The number of nitrogens with two attached hydrogens (primary N) is 1. The van der Waals surface area contributed by atoms with Crippen LogP contribution in [0.25, 0.3) is 21.8 Å². The highest BCUT2D eigenvalue weighted by atomic mass is 16.2. The molecule has 0 fully saturated rings. The van der Waals surface area contributed by atoms with Crippen molar-refractivity contribution < 1.29 is 14.4 Å². The summed E-state index contributed by atoms with van der Waals surface area (Å²) in [6.07, 6.45) is 5.95. The number of anilines is 4. The lowest BCUT2D eigenvalue weighted by Gasteiger charge is -2.17. The van der Waals surface area contributed by atoms with E-state index in [9.17, 15) is 14.4 Å². The van der Waals surface area contributed by atoms with Crippen molar-refractivity contribution in [2.24, 2.45) is 5.92 Å². The molecule has 42 heavy (non-hydrogen) atoms. The molecule has 5 N–H and O–H groups in total. The average molecular weight is 561 g/mol. The van der Waals surface area contributed by atoms with Crippen molar-refractivity contribution in [2.45, 2.75) is 32.1 Å². The van der Waals surface area contributed by atoms with Crippen LogP contribution in [0.4, 0.5) is 22.7 Å². The second-order valence-electron chi connectivity index (χ2n) is 10.1. The van der Waals surface area contributed by atoms with Gasteiger partial charge >= 0.3 is 0 Å². The first kappa shape index (κ1) is 28.2. The average Bonchev–Trinajstić information content (AvgIpc) is 3.00. The van der Waals surface area contributed by atoms with Crippen molar-refractivity contribution in [1.29, 1.82) is 0 Å². The Bertz CT molecular complexity index is 1640. The quantitative estimate of drug-likeness (QED) is 0.0868. The van der Waals surface area contributed by atoms with Gasteiger partial charge in [0.05, 0.1) is 22.4 Å². The predicted molar refractivity (Wildman–Crippen MR) is 167 cm³/mol. The number of hydrogen-bond acceptors (Lipinski definition) is 6. The van der Waals surface area contributed by atoms with Gasteiger partial charge in [-0.3, -0.25) is 24.4 Å². The molecule has 0 bridgehead atoms. The van der Waals surface area contributed by atoms with Crippen molar-refractivity contribution in [2.75, 3.05) is 21.7 Å². The summed E-state index contributed by atoms with van der Waals surface area (Å²) in [6, 6.07) is 25.5. The monoisotopic (exact) mass is 560 g/mol. The Balaban J connectivity index is 1.22. The Labute approximate surface area is 243 Å². The predicted octanol–water partition coefficient (Wildman–Crippen LogP) is 6.15. The summed E-state index contributed by atoms with van der Waals surface area (Å²) in [5.74, 6) is -1.85. The molecule has 3 amide bonds. The van der Waals surface area contributed by atoms with Crippen LogP contribution in [0.3, 0.4) is 0 Å². The van der Waals surface area contributed by atoms with Crippen molar-refractivity contribution >= 4 is 62.3 Å². The van der Waals surface area contributed by atoms with Crippen molar-refractivity contribution in [1.82, 2.24) is 9.97 Å². The van der Waals surface area contributed by atoms with E-state index in [1.807, 2.05) is 60.7 Å². The number of hydrogen-bond donors (Lipinski definition) is 4. The minimum Gasteiger partial charge on any atom is -0.397 e. The van der Waals surface area contributed by atoms with Gasteiger partial charge in [0, 0.05) is 41.0 Å². The summed E-state index contributed by atoms with van der Waals surface area (Å²) in [6.45, 7) is 0. The molecule has 2 heterocycles. The molecule has 0 unspecified atom stereocenters. The molecule has 5 aromatic rings. The lowest BCUT2D eigenvalue weighted by Crippen LogP contribution is -2.34. The normalized spacial score (nSPS) is 11.0. The summed E-state index contributed by atoms with van der Waals surface area (Å²) >= 11 is 0. The number of pyridine rings is 2. The number of aromatic nitrogens is 2. The fourth-order valence-corrected chi connectivity index (χ4v) is 4.78. The number of carbonyl (C=O) groups is 3. The maximum absolute atomic E-state index is 13.4. The maximum atomic E-state index is 13.4. The third-order valence-electron chi connectivity index (χ3n) is 7.01. The van der Waals surface area contributed by atoms with E-state index in [0.717, 1.165) is 21.8 Å². The molecule has 212 valence electrons. The Morgan fingerprint density at radius 1 is 0.667 bits per heavy atom. The van der Waals surface area contributed by atoms with Crippen LogP contribution in [0.15, 0.2) is 97.3 Å². The zero-order valence-electron chi connectivity index (χ0n) is 23.0. The van der Waals surface area contributed by atoms with Gasteiger partial charge in [0.15, 0.2) is 0 Å². The topological polar surface area (TPSA) is 139 Å². The molecule has 0 aliphatic carbocycles. The van der Waals surface area contributed by atoms with Gasteiger partial charge in [-0.15, -0.1) is 0 Å². The first-order valence-electron chi connectivity index (χ1n) is 13.9. The fraction of sp³-hybridized carbons (Fsp3) is 0.182. The number of benzene rings is 3. The third kappa shape index (κ3) is 7.25. The number of nitrogen functional groups attached to an aromatic ring is 1. The smallest absolute Gasteiger partial charge is 0.236 e. The van der Waals surface area contributed by atoms with Crippen LogP contribution in [0.2, 0.25) is 0 Å². The van der Waals surface area contributed by atoms with Crippen molar-refractivity contribution in [3.63, 3.8) is 0 Å². The first-order chi connectivity index (χ1) is 20.5. The van der Waals surface area contributed by atoms with E-state index in [1.54, 1.807) is 36.7 Å². The maximum Gasteiger partial charge on any atom is 0.236 e. The highest BCUT2D eigenvalue weighted by molar-refractivity contribution is 6.11. The zero-order valence-corrected chi connectivity index (χ0v) is 23.0. The molecule has 0 spiro atoms. The van der Waals surface area contributed by atoms with Gasteiger partial charge in [-0.05, 0) is 73.5 Å². The van der Waals surface area contributed by atoms with Crippen LogP contribution in [-0.4, -0.2) is 27.7 Å². The Morgan fingerprint density at radius 2 is 1.26 bits per heavy atom. The number of fused-ring (bicyclic) bond motifs is 2. The summed E-state index contributed by atoms with van der Waals surface area (Å²) < 4.78 is 0. The fourth-order valence-electron chi connectivity index (χ4n) is 4.78. The third-order valence-corrected chi connectivity index (χ3v) is 7.01. The van der Waals surface area contributed by atoms with Gasteiger partial charge in [-0.25, -0.2) is 0 Å². The van der Waals surface area contributed by atoms with Crippen LogP contribution >= 0.6 is 0 Å². The SMILES string of the molecule is Nc1ccccc1NC(=O)CCCCCC(C(=O)Nc1ccc2ncccc2c1)C(=O)Nc1ccc2ncccc2c1. The minimum absolute atomic E-state index is 0.128. The highest BCUT2D eigenvalue weighted by Crippen LogP contribution is 2.23. The largest absolute Gasteiger partial charge is 0.397 e. The van der Waals surface area contributed by atoms with Gasteiger partial charge < -0.3 is 21.7 Å². The molecule has 3 aromatic carbocycles. The number of unbranched alkanes of at least 4 members (excludes halogenated alkanes) is 2. The van der Waals surface area contributed by atoms with Gasteiger partial charge in [0.25, 0.3) is 0 Å².